The Bertz CT molecular complexity index is 1000. The Labute approximate surface area is 149 Å². The zero-order valence-corrected chi connectivity index (χ0v) is 15.0. The molecule has 0 saturated carbocycles. The molecule has 0 amide bonds. The number of nitrogens with zero attached hydrogens (tertiary/aromatic N) is 1. The lowest BCUT2D eigenvalue weighted by atomic mass is 10.1. The molecule has 0 radical (unpaired) electrons. The number of aromatic amines is 1. The molecule has 1 atom stereocenters. The fourth-order valence-corrected chi connectivity index (χ4v) is 3.79. The number of hydrogen-bond acceptors (Lipinski definition) is 4. The fraction of sp³-hybridized carbons (Fsp3) is 0.188. The second-order valence-corrected chi connectivity index (χ2v) is 8.42. The third-order valence-corrected chi connectivity index (χ3v) is 6.41. The molecular formula is C16H14Cl2N2O3S. The van der Waals surface area contributed by atoms with E-state index in [-0.39, 0.29) is 0 Å². The van der Waals surface area contributed by atoms with Gasteiger partial charge in [0, 0.05) is 28.4 Å². The molecule has 24 heavy (non-hydrogen) atoms. The monoisotopic (exact) mass is 384 g/mol. The zero-order chi connectivity index (χ0) is 17.5. The largest absolute Gasteiger partial charge is 0.380 e. The molecule has 0 aliphatic rings. The van der Waals surface area contributed by atoms with Crippen LogP contribution in [0, 0.1) is 0 Å². The van der Waals surface area contributed by atoms with E-state index in [1.807, 2.05) is 0 Å². The van der Waals surface area contributed by atoms with Crippen molar-refractivity contribution in [3.8, 4) is 11.3 Å². The van der Waals surface area contributed by atoms with Crippen LogP contribution in [0.25, 0.3) is 22.2 Å². The van der Waals surface area contributed by atoms with Gasteiger partial charge in [0.05, 0.1) is 15.7 Å². The molecule has 0 fully saturated rings. The average Bonchev–Trinajstić information content (AvgIpc) is 2.98. The lowest BCUT2D eigenvalue weighted by Crippen LogP contribution is -2.15. The highest BCUT2D eigenvalue weighted by molar-refractivity contribution is 7.91. The van der Waals surface area contributed by atoms with Crippen LogP contribution in [-0.4, -0.2) is 29.4 Å². The van der Waals surface area contributed by atoms with Crippen LogP contribution in [0.2, 0.25) is 10.0 Å². The molecule has 0 spiro atoms. The Balaban J connectivity index is 2.40. The summed E-state index contributed by atoms with van der Waals surface area (Å²) in [5, 5.41) is 9.54. The third kappa shape index (κ3) is 2.80. The number of benzene rings is 1. The minimum atomic E-state index is -3.73. The van der Waals surface area contributed by atoms with Gasteiger partial charge in [-0.3, -0.25) is 4.98 Å². The first kappa shape index (κ1) is 17.2. The van der Waals surface area contributed by atoms with Gasteiger partial charge in [-0.05, 0) is 31.2 Å². The van der Waals surface area contributed by atoms with Crippen molar-refractivity contribution in [1.82, 2.24) is 9.97 Å². The number of rotatable bonds is 4. The molecule has 0 aliphatic carbocycles. The van der Waals surface area contributed by atoms with Crippen molar-refractivity contribution in [3.05, 3.63) is 52.3 Å². The lowest BCUT2D eigenvalue weighted by Gasteiger charge is -2.12. The Kier molecular flexibility index (Phi) is 4.57. The summed E-state index contributed by atoms with van der Waals surface area (Å²) >= 11 is 12.5. The molecular weight excluding hydrogens is 371 g/mol. The Morgan fingerprint density at radius 1 is 1.25 bits per heavy atom. The third-order valence-electron chi connectivity index (χ3n) is 3.93. The number of fused-ring (bicyclic) bond motifs is 1. The average molecular weight is 385 g/mol. The van der Waals surface area contributed by atoms with Crippen molar-refractivity contribution >= 4 is 43.9 Å². The van der Waals surface area contributed by atoms with Gasteiger partial charge in [-0.2, -0.15) is 0 Å². The van der Waals surface area contributed by atoms with Gasteiger partial charge in [0.1, 0.15) is 11.2 Å². The number of hydrogen-bond donors (Lipinski definition) is 2. The number of nitrogens with one attached hydrogen (secondary N) is 1. The molecule has 2 heterocycles. The van der Waals surface area contributed by atoms with Crippen LogP contribution < -0.4 is 0 Å². The molecule has 5 nitrogen and oxygen atoms in total. The zero-order valence-electron chi connectivity index (χ0n) is 12.6. The van der Waals surface area contributed by atoms with Gasteiger partial charge in [0.25, 0.3) is 0 Å². The Morgan fingerprint density at radius 2 is 2.00 bits per heavy atom. The maximum Gasteiger partial charge on any atom is 0.182 e. The quantitative estimate of drug-likeness (QED) is 0.712. The van der Waals surface area contributed by atoms with Gasteiger partial charge >= 0.3 is 0 Å². The second kappa shape index (κ2) is 6.37. The SMILES string of the molecule is CC(c1[nH]c2ccc(Cl)c(Cl)c2c1-c1ccccn1)S(=O)(=O)CO. The number of aromatic nitrogens is 2. The smallest absolute Gasteiger partial charge is 0.182 e. The predicted molar refractivity (Wildman–Crippen MR) is 96.0 cm³/mol. The van der Waals surface area contributed by atoms with Gasteiger partial charge in [-0.15, -0.1) is 0 Å². The van der Waals surface area contributed by atoms with Crippen LogP contribution in [0.4, 0.5) is 0 Å². The maximum atomic E-state index is 12.2. The first-order chi connectivity index (χ1) is 11.4. The van der Waals surface area contributed by atoms with E-state index in [0.717, 1.165) is 0 Å². The van der Waals surface area contributed by atoms with Crippen molar-refractivity contribution in [3.63, 3.8) is 0 Å². The topological polar surface area (TPSA) is 83.0 Å². The van der Waals surface area contributed by atoms with Crippen LogP contribution in [0.15, 0.2) is 36.5 Å². The van der Waals surface area contributed by atoms with Gasteiger partial charge in [0.15, 0.2) is 9.84 Å². The summed E-state index contributed by atoms with van der Waals surface area (Å²) in [5.74, 6) is -0.945. The fourth-order valence-electron chi connectivity index (χ4n) is 2.61. The molecule has 0 aliphatic heterocycles. The highest BCUT2D eigenvalue weighted by Crippen LogP contribution is 2.42. The van der Waals surface area contributed by atoms with E-state index in [0.29, 0.717) is 37.9 Å². The number of sulfone groups is 1. The van der Waals surface area contributed by atoms with E-state index in [1.165, 1.54) is 6.92 Å². The number of pyridine rings is 1. The highest BCUT2D eigenvalue weighted by atomic mass is 35.5. The van der Waals surface area contributed by atoms with Crippen LogP contribution >= 0.6 is 23.2 Å². The van der Waals surface area contributed by atoms with E-state index < -0.39 is 21.0 Å². The van der Waals surface area contributed by atoms with Gasteiger partial charge in [-0.25, -0.2) is 8.42 Å². The van der Waals surface area contributed by atoms with Gasteiger partial charge < -0.3 is 10.1 Å². The molecule has 2 aromatic heterocycles. The highest BCUT2D eigenvalue weighted by Gasteiger charge is 2.29. The normalized spacial score (nSPS) is 13.3. The van der Waals surface area contributed by atoms with E-state index in [4.69, 9.17) is 23.2 Å². The molecule has 126 valence electrons. The first-order valence-electron chi connectivity index (χ1n) is 7.10. The number of aliphatic hydroxyl groups excluding tert-OH is 1. The molecule has 1 unspecified atom stereocenters. The van der Waals surface area contributed by atoms with Crippen LogP contribution in [0.5, 0.6) is 0 Å². The van der Waals surface area contributed by atoms with Crippen molar-refractivity contribution in [2.24, 2.45) is 0 Å². The number of aliphatic hydroxyl groups is 1. The Hall–Kier alpha value is -1.60. The van der Waals surface area contributed by atoms with E-state index in [9.17, 15) is 13.5 Å². The van der Waals surface area contributed by atoms with E-state index in [1.54, 1.807) is 36.5 Å². The lowest BCUT2D eigenvalue weighted by molar-refractivity contribution is 0.356. The summed E-state index contributed by atoms with van der Waals surface area (Å²) in [6, 6.07) is 8.70. The van der Waals surface area contributed by atoms with Crippen molar-refractivity contribution in [1.29, 1.82) is 0 Å². The van der Waals surface area contributed by atoms with Crippen LogP contribution in [0.1, 0.15) is 17.9 Å². The first-order valence-corrected chi connectivity index (χ1v) is 9.57. The molecule has 0 bridgehead atoms. The summed E-state index contributed by atoms with van der Waals surface area (Å²) in [6.45, 7) is 1.51. The van der Waals surface area contributed by atoms with Crippen LogP contribution in [-0.2, 0) is 9.84 Å². The van der Waals surface area contributed by atoms with Gasteiger partial charge in [-0.1, -0.05) is 29.3 Å². The number of halogens is 2. The maximum absolute atomic E-state index is 12.2. The summed E-state index contributed by atoms with van der Waals surface area (Å²) in [5.41, 5.74) is 2.22. The number of H-pyrrole nitrogens is 1. The summed E-state index contributed by atoms with van der Waals surface area (Å²) in [7, 11) is -3.73. The minimum Gasteiger partial charge on any atom is -0.380 e. The molecule has 1 aromatic carbocycles. The Morgan fingerprint density at radius 3 is 2.62 bits per heavy atom. The molecule has 2 N–H and O–H groups in total. The second-order valence-electron chi connectivity index (χ2n) is 5.35. The van der Waals surface area contributed by atoms with E-state index >= 15 is 0 Å². The minimum absolute atomic E-state index is 0.325. The molecule has 0 saturated heterocycles. The van der Waals surface area contributed by atoms with Crippen molar-refractivity contribution in [2.45, 2.75) is 12.2 Å². The van der Waals surface area contributed by atoms with E-state index in [2.05, 4.69) is 9.97 Å². The summed E-state index contributed by atoms with van der Waals surface area (Å²) < 4.78 is 24.3. The molecule has 8 heteroatoms. The molecule has 3 aromatic rings. The van der Waals surface area contributed by atoms with Crippen LogP contribution in [0.3, 0.4) is 0 Å². The van der Waals surface area contributed by atoms with Crippen molar-refractivity contribution < 1.29 is 13.5 Å². The molecule has 3 rings (SSSR count). The summed E-state index contributed by atoms with van der Waals surface area (Å²) in [4.78, 5) is 7.41. The summed E-state index contributed by atoms with van der Waals surface area (Å²) in [6.07, 6.45) is 1.61. The van der Waals surface area contributed by atoms with Crippen molar-refractivity contribution in [2.75, 3.05) is 5.94 Å². The standard InChI is InChI=1S/C16H14Cl2N2O3S/c1-9(24(22,23)8-21)16-14(11-4-2-3-7-19-11)13-12(20-16)6-5-10(17)15(13)18/h2-7,9,20-21H,8H2,1H3. The van der Waals surface area contributed by atoms with Gasteiger partial charge in [0.2, 0.25) is 0 Å². The predicted octanol–water partition coefficient (Wildman–Crippen LogP) is 3.96.